The van der Waals surface area contributed by atoms with Gasteiger partial charge >= 0.3 is 13.7 Å². The molecule has 0 saturated heterocycles. The van der Waals surface area contributed by atoms with Gasteiger partial charge in [0.25, 0.3) is 0 Å². The SMILES string of the molecule is C=CCOP1(=O)OCC=CCN1C(CC(=O)OC)C(C)C. The van der Waals surface area contributed by atoms with Crippen molar-refractivity contribution < 1.29 is 23.1 Å². The van der Waals surface area contributed by atoms with Crippen molar-refractivity contribution in [2.75, 3.05) is 26.9 Å². The normalized spacial score (nSPS) is 24.6. The minimum atomic E-state index is -3.47. The van der Waals surface area contributed by atoms with Crippen molar-refractivity contribution in [3.63, 3.8) is 0 Å². The van der Waals surface area contributed by atoms with Crippen molar-refractivity contribution in [1.29, 1.82) is 0 Å². The maximum Gasteiger partial charge on any atom is 0.409 e. The minimum Gasteiger partial charge on any atom is -0.469 e. The molecule has 0 saturated carbocycles. The lowest BCUT2D eigenvalue weighted by molar-refractivity contribution is -0.142. The molecule has 0 spiro atoms. The third-order valence-corrected chi connectivity index (χ3v) is 5.26. The zero-order valence-electron chi connectivity index (χ0n) is 12.9. The third-order valence-electron chi connectivity index (χ3n) is 3.22. The summed E-state index contributed by atoms with van der Waals surface area (Å²) in [7, 11) is -2.13. The lowest BCUT2D eigenvalue weighted by Crippen LogP contribution is -2.39. The van der Waals surface area contributed by atoms with Gasteiger partial charge in [-0.25, -0.2) is 9.24 Å². The van der Waals surface area contributed by atoms with Crippen LogP contribution < -0.4 is 0 Å². The Labute approximate surface area is 126 Å². The largest absolute Gasteiger partial charge is 0.469 e. The number of ether oxygens (including phenoxy) is 1. The number of hydrogen-bond donors (Lipinski definition) is 0. The number of nitrogens with zero attached hydrogens (tertiary/aromatic N) is 1. The molecule has 2 unspecified atom stereocenters. The first-order chi connectivity index (χ1) is 9.94. The molecule has 0 fully saturated rings. The zero-order valence-corrected chi connectivity index (χ0v) is 13.8. The van der Waals surface area contributed by atoms with Crippen molar-refractivity contribution >= 4 is 13.7 Å². The lowest BCUT2D eigenvalue weighted by atomic mass is 10.0. The zero-order chi connectivity index (χ0) is 15.9. The van der Waals surface area contributed by atoms with Crippen LogP contribution in [-0.2, 0) is 23.1 Å². The molecule has 0 N–H and O–H groups in total. The van der Waals surface area contributed by atoms with Gasteiger partial charge in [-0.1, -0.05) is 32.1 Å². The maximum atomic E-state index is 13.0. The van der Waals surface area contributed by atoms with Crippen LogP contribution in [0.5, 0.6) is 0 Å². The Kier molecular flexibility index (Phi) is 7.32. The second-order valence-corrected chi connectivity index (χ2v) is 7.00. The van der Waals surface area contributed by atoms with Crippen LogP contribution in [0.3, 0.4) is 0 Å². The smallest absolute Gasteiger partial charge is 0.409 e. The molecular weight excluding hydrogens is 293 g/mol. The van der Waals surface area contributed by atoms with Crippen LogP contribution in [0.2, 0.25) is 0 Å². The summed E-state index contributed by atoms with van der Waals surface area (Å²) in [5, 5.41) is 0. The fourth-order valence-electron chi connectivity index (χ4n) is 2.08. The summed E-state index contributed by atoms with van der Waals surface area (Å²) in [6.07, 6.45) is 5.31. The van der Waals surface area contributed by atoms with Gasteiger partial charge in [0.2, 0.25) is 0 Å². The number of carbonyl (C=O) groups excluding carboxylic acids is 1. The second kappa shape index (κ2) is 8.49. The molecule has 21 heavy (non-hydrogen) atoms. The van der Waals surface area contributed by atoms with Crippen LogP contribution in [0.15, 0.2) is 24.8 Å². The molecule has 1 heterocycles. The lowest BCUT2D eigenvalue weighted by Gasteiger charge is -2.36. The third kappa shape index (κ3) is 5.08. The Bertz CT molecular complexity index is 435. The van der Waals surface area contributed by atoms with Gasteiger partial charge in [-0.3, -0.25) is 13.8 Å². The Hall–Kier alpha value is -0.940. The molecule has 0 radical (unpaired) electrons. The van der Waals surface area contributed by atoms with E-state index >= 15 is 0 Å². The quantitative estimate of drug-likeness (QED) is 0.409. The van der Waals surface area contributed by atoms with E-state index in [1.165, 1.54) is 13.2 Å². The van der Waals surface area contributed by atoms with Crippen molar-refractivity contribution in [2.24, 2.45) is 5.92 Å². The maximum absolute atomic E-state index is 13.0. The van der Waals surface area contributed by atoms with Gasteiger partial charge in [0.05, 0.1) is 26.7 Å². The second-order valence-electron chi connectivity index (χ2n) is 5.03. The fourth-order valence-corrected chi connectivity index (χ4v) is 4.02. The average molecular weight is 317 g/mol. The fraction of sp³-hybridized carbons (Fsp3) is 0.643. The number of methoxy groups -OCH3 is 1. The van der Waals surface area contributed by atoms with E-state index < -0.39 is 7.75 Å². The van der Waals surface area contributed by atoms with E-state index in [4.69, 9.17) is 13.8 Å². The molecule has 6 nitrogen and oxygen atoms in total. The summed E-state index contributed by atoms with van der Waals surface area (Å²) in [6.45, 7) is 8.21. The van der Waals surface area contributed by atoms with Crippen molar-refractivity contribution in [1.82, 2.24) is 4.67 Å². The Morgan fingerprint density at radius 2 is 2.24 bits per heavy atom. The summed E-state index contributed by atoms with van der Waals surface area (Å²) in [4.78, 5) is 11.6. The highest BCUT2D eigenvalue weighted by Crippen LogP contribution is 2.55. The average Bonchev–Trinajstić information content (AvgIpc) is 2.64. The Morgan fingerprint density at radius 1 is 1.52 bits per heavy atom. The summed E-state index contributed by atoms with van der Waals surface area (Å²) >= 11 is 0. The molecule has 7 heteroatoms. The topological polar surface area (TPSA) is 65.1 Å². The number of esters is 1. The highest BCUT2D eigenvalue weighted by molar-refractivity contribution is 7.51. The molecule has 1 aliphatic rings. The summed E-state index contributed by atoms with van der Waals surface area (Å²) in [5.41, 5.74) is 0. The van der Waals surface area contributed by atoms with Crippen molar-refractivity contribution in [3.05, 3.63) is 24.8 Å². The van der Waals surface area contributed by atoms with Gasteiger partial charge in [0.1, 0.15) is 0 Å². The molecule has 0 aromatic carbocycles. The molecule has 0 aliphatic carbocycles. The summed E-state index contributed by atoms with van der Waals surface area (Å²) in [5.74, 6) is -0.267. The first-order valence-electron chi connectivity index (χ1n) is 6.93. The van der Waals surface area contributed by atoms with E-state index in [1.807, 2.05) is 19.9 Å². The van der Waals surface area contributed by atoms with Gasteiger partial charge in [-0.15, -0.1) is 6.58 Å². The Balaban J connectivity index is 3.02. The standard InChI is InChI=1S/C14H24NO5P/c1-5-9-19-21(17)15(8-6-7-10-20-21)13(12(2)3)11-14(16)18-4/h5-7,12-13H,1,8-11H2,2-4H3. The molecule has 1 rings (SSSR count). The van der Waals surface area contributed by atoms with Crippen LogP contribution in [-0.4, -0.2) is 43.5 Å². The van der Waals surface area contributed by atoms with E-state index in [2.05, 4.69) is 6.58 Å². The predicted octanol–water partition coefficient (Wildman–Crippen LogP) is 2.77. The van der Waals surface area contributed by atoms with Crippen LogP contribution in [0.25, 0.3) is 0 Å². The molecule has 0 aromatic heterocycles. The number of rotatable bonds is 7. The predicted molar refractivity (Wildman–Crippen MR) is 80.8 cm³/mol. The van der Waals surface area contributed by atoms with Gasteiger partial charge < -0.3 is 4.74 Å². The van der Waals surface area contributed by atoms with Gasteiger partial charge in [-0.2, -0.15) is 0 Å². The molecule has 0 aromatic rings. The first kappa shape index (κ1) is 18.1. The monoisotopic (exact) mass is 317 g/mol. The van der Waals surface area contributed by atoms with E-state index in [0.29, 0.717) is 6.54 Å². The van der Waals surface area contributed by atoms with Gasteiger partial charge in [0, 0.05) is 12.6 Å². The van der Waals surface area contributed by atoms with Crippen molar-refractivity contribution in [3.8, 4) is 0 Å². The van der Waals surface area contributed by atoms with E-state index in [9.17, 15) is 9.36 Å². The number of carbonyl (C=O) groups is 1. The Morgan fingerprint density at radius 3 is 2.81 bits per heavy atom. The molecular formula is C14H24NO5P. The highest BCUT2D eigenvalue weighted by atomic mass is 31.2. The first-order valence-corrected chi connectivity index (χ1v) is 8.43. The minimum absolute atomic E-state index is 0.0832. The molecule has 0 amide bonds. The van der Waals surface area contributed by atoms with Gasteiger partial charge in [0.15, 0.2) is 0 Å². The van der Waals surface area contributed by atoms with Crippen LogP contribution >= 0.6 is 7.75 Å². The summed E-state index contributed by atoms with van der Waals surface area (Å²) in [6, 6.07) is -0.296. The summed E-state index contributed by atoms with van der Waals surface area (Å²) < 4.78 is 30.2. The molecule has 0 bridgehead atoms. The highest BCUT2D eigenvalue weighted by Gasteiger charge is 2.40. The van der Waals surface area contributed by atoms with E-state index in [0.717, 1.165) is 0 Å². The van der Waals surface area contributed by atoms with Crippen molar-refractivity contribution in [2.45, 2.75) is 26.3 Å². The number of hydrogen-bond acceptors (Lipinski definition) is 5. The van der Waals surface area contributed by atoms with E-state index in [-0.39, 0.29) is 37.6 Å². The molecule has 2 atom stereocenters. The van der Waals surface area contributed by atoms with Crippen LogP contribution in [0, 0.1) is 5.92 Å². The van der Waals surface area contributed by atoms with E-state index in [1.54, 1.807) is 10.7 Å². The molecule has 120 valence electrons. The molecule has 1 aliphatic heterocycles. The van der Waals surface area contributed by atoms with Crippen LogP contribution in [0.4, 0.5) is 0 Å². The van der Waals surface area contributed by atoms with Crippen LogP contribution in [0.1, 0.15) is 20.3 Å². The van der Waals surface area contributed by atoms with Gasteiger partial charge in [-0.05, 0) is 5.92 Å².